The summed E-state index contributed by atoms with van der Waals surface area (Å²) in [7, 11) is 4.13. The molecule has 0 bridgehead atoms. The molecule has 0 aliphatic heterocycles. The van der Waals surface area contributed by atoms with Crippen LogP contribution >= 0.6 is 23.1 Å². The Morgan fingerprint density at radius 1 is 1.19 bits per heavy atom. The molecule has 0 saturated heterocycles. The molecule has 0 radical (unpaired) electrons. The Bertz CT molecular complexity index is 1060. The first kappa shape index (κ1) is 22.8. The van der Waals surface area contributed by atoms with Crippen LogP contribution in [0.25, 0.3) is 0 Å². The Morgan fingerprint density at radius 3 is 2.62 bits per heavy atom. The molecule has 1 saturated carbocycles. The van der Waals surface area contributed by atoms with Crippen molar-refractivity contribution >= 4 is 40.0 Å². The third-order valence-electron chi connectivity index (χ3n) is 5.05. The number of anilines is 2. The van der Waals surface area contributed by atoms with Crippen LogP contribution in [0.1, 0.15) is 35.5 Å². The Labute approximate surface area is 197 Å². The van der Waals surface area contributed by atoms with Crippen molar-refractivity contribution in [3.8, 4) is 0 Å². The van der Waals surface area contributed by atoms with Gasteiger partial charge in [-0.15, -0.1) is 11.3 Å². The van der Waals surface area contributed by atoms with E-state index >= 15 is 0 Å². The monoisotopic (exact) mass is 468 g/mol. The zero-order valence-corrected chi connectivity index (χ0v) is 20.3. The maximum atomic E-state index is 12.1. The number of nitrogens with zero attached hydrogens (tertiary/aromatic N) is 5. The van der Waals surface area contributed by atoms with E-state index in [-0.39, 0.29) is 0 Å². The summed E-state index contributed by atoms with van der Waals surface area (Å²) < 4.78 is 0. The van der Waals surface area contributed by atoms with Gasteiger partial charge in [0.2, 0.25) is 5.95 Å². The van der Waals surface area contributed by atoms with Crippen molar-refractivity contribution in [1.29, 1.82) is 0 Å². The van der Waals surface area contributed by atoms with Crippen molar-refractivity contribution < 1.29 is 4.79 Å². The van der Waals surface area contributed by atoms with Crippen molar-refractivity contribution in [1.82, 2.24) is 24.8 Å². The molecule has 1 N–H and O–H groups in total. The van der Waals surface area contributed by atoms with Gasteiger partial charge in [0.05, 0.1) is 0 Å². The lowest BCUT2D eigenvalue weighted by molar-refractivity contribution is -0.119. The van der Waals surface area contributed by atoms with Gasteiger partial charge < -0.3 is 4.90 Å². The highest BCUT2D eigenvalue weighted by molar-refractivity contribution is 7.99. The van der Waals surface area contributed by atoms with Crippen LogP contribution in [0, 0.1) is 12.8 Å². The van der Waals surface area contributed by atoms with E-state index in [2.05, 4.69) is 44.2 Å². The number of benzene rings is 1. The van der Waals surface area contributed by atoms with Gasteiger partial charge in [-0.1, -0.05) is 12.1 Å². The molecule has 1 aliphatic carbocycles. The van der Waals surface area contributed by atoms with Gasteiger partial charge in [0.25, 0.3) is 0 Å². The second kappa shape index (κ2) is 10.5. The number of carbonyl (C=O) groups excluding carboxylic acids is 1. The van der Waals surface area contributed by atoms with E-state index in [1.54, 1.807) is 11.3 Å². The molecule has 0 spiro atoms. The largest absolute Gasteiger partial charge is 0.309 e. The van der Waals surface area contributed by atoms with Gasteiger partial charge in [-0.25, -0.2) is 9.97 Å². The van der Waals surface area contributed by atoms with Crippen molar-refractivity contribution in [3.63, 3.8) is 0 Å². The van der Waals surface area contributed by atoms with E-state index in [0.29, 0.717) is 29.2 Å². The molecule has 2 heterocycles. The molecule has 0 amide bonds. The van der Waals surface area contributed by atoms with E-state index in [0.717, 1.165) is 58.5 Å². The maximum absolute atomic E-state index is 12.1. The minimum Gasteiger partial charge on any atom is -0.309 e. The number of ketones is 1. The van der Waals surface area contributed by atoms with Gasteiger partial charge in [-0.05, 0) is 76.3 Å². The molecule has 0 unspecified atom stereocenters. The third-order valence-corrected chi connectivity index (χ3v) is 6.75. The molecule has 32 heavy (non-hydrogen) atoms. The Balaban J connectivity index is 1.47. The second-order valence-corrected chi connectivity index (χ2v) is 10.6. The number of carbonyl (C=O) groups is 1. The number of hydrogen-bond acceptors (Lipinski definition) is 9. The van der Waals surface area contributed by atoms with E-state index in [4.69, 9.17) is 0 Å². The van der Waals surface area contributed by atoms with Gasteiger partial charge >= 0.3 is 0 Å². The topological polar surface area (TPSA) is 83.9 Å². The zero-order valence-electron chi connectivity index (χ0n) is 18.7. The van der Waals surface area contributed by atoms with Crippen LogP contribution in [0.5, 0.6) is 0 Å². The second-order valence-electron chi connectivity index (χ2n) is 8.33. The number of aromatic nitrogens is 4. The molecule has 4 rings (SSSR count). The van der Waals surface area contributed by atoms with Crippen molar-refractivity contribution in [2.75, 3.05) is 26.0 Å². The van der Waals surface area contributed by atoms with Crippen molar-refractivity contribution in [2.45, 2.75) is 49.1 Å². The molecular formula is C23H28N6OS2. The molecule has 1 aliphatic rings. The fourth-order valence-electron chi connectivity index (χ4n) is 3.20. The molecule has 3 aromatic rings. The van der Waals surface area contributed by atoms with Crippen molar-refractivity contribution in [3.05, 3.63) is 46.7 Å². The van der Waals surface area contributed by atoms with Crippen LogP contribution in [-0.4, -0.2) is 51.3 Å². The molecule has 168 valence electrons. The summed E-state index contributed by atoms with van der Waals surface area (Å²) >= 11 is 3.07. The van der Waals surface area contributed by atoms with Gasteiger partial charge in [0, 0.05) is 34.7 Å². The predicted octanol–water partition coefficient (Wildman–Crippen LogP) is 4.55. The summed E-state index contributed by atoms with van der Waals surface area (Å²) in [5.74, 6) is 1.95. The Morgan fingerprint density at radius 2 is 1.97 bits per heavy atom. The number of Topliss-reactive ketones (excluding diaryl/α,β-unsaturated/α-hetero) is 1. The number of aryl methyl sites for hydroxylation is 2. The molecule has 9 heteroatoms. The first-order valence-corrected chi connectivity index (χ1v) is 12.5. The molecule has 7 nitrogen and oxygen atoms in total. The van der Waals surface area contributed by atoms with Crippen LogP contribution in [0.3, 0.4) is 0 Å². The lowest BCUT2D eigenvalue weighted by Crippen LogP contribution is -2.14. The summed E-state index contributed by atoms with van der Waals surface area (Å²) in [6.45, 7) is 3.00. The molecule has 0 atom stereocenters. The lowest BCUT2D eigenvalue weighted by Gasteiger charge is -2.10. The maximum Gasteiger partial charge on any atom is 0.233 e. The SMILES string of the molecule is Cc1cnc(Nc2nc(CCCN(C)C)nc(Sc3ccc(CC(=O)C4CC4)cc3)n2)s1. The van der Waals surface area contributed by atoms with E-state index < -0.39 is 0 Å². The summed E-state index contributed by atoms with van der Waals surface area (Å²) in [5.41, 5.74) is 1.06. The van der Waals surface area contributed by atoms with Gasteiger partial charge in [-0.2, -0.15) is 9.97 Å². The first-order chi connectivity index (χ1) is 15.4. The molecular weight excluding hydrogens is 440 g/mol. The fraction of sp³-hybridized carbons (Fsp3) is 0.435. The highest BCUT2D eigenvalue weighted by Crippen LogP contribution is 2.31. The first-order valence-electron chi connectivity index (χ1n) is 10.8. The van der Waals surface area contributed by atoms with E-state index in [9.17, 15) is 4.79 Å². The summed E-state index contributed by atoms with van der Waals surface area (Å²) in [4.78, 5) is 34.6. The predicted molar refractivity (Wildman–Crippen MR) is 129 cm³/mol. The Hall–Kier alpha value is -2.36. The lowest BCUT2D eigenvalue weighted by atomic mass is 10.1. The average Bonchev–Trinajstić information content (AvgIpc) is 3.52. The minimum atomic E-state index is 0.299. The molecule has 2 aromatic heterocycles. The molecule has 1 fully saturated rings. The number of nitrogens with one attached hydrogen (secondary N) is 1. The highest BCUT2D eigenvalue weighted by Gasteiger charge is 2.29. The van der Waals surface area contributed by atoms with Crippen molar-refractivity contribution in [2.24, 2.45) is 5.92 Å². The third kappa shape index (κ3) is 6.82. The highest BCUT2D eigenvalue weighted by atomic mass is 32.2. The fourth-order valence-corrected chi connectivity index (χ4v) is 4.63. The summed E-state index contributed by atoms with van der Waals surface area (Å²) in [5, 5.41) is 4.64. The van der Waals surface area contributed by atoms with Gasteiger partial charge in [-0.3, -0.25) is 10.1 Å². The van der Waals surface area contributed by atoms with Gasteiger partial charge in [0.1, 0.15) is 11.6 Å². The van der Waals surface area contributed by atoms with Crippen LogP contribution in [0.2, 0.25) is 0 Å². The average molecular weight is 469 g/mol. The van der Waals surface area contributed by atoms with Crippen LogP contribution in [-0.2, 0) is 17.6 Å². The normalized spacial score (nSPS) is 13.5. The molecule has 1 aromatic carbocycles. The van der Waals surface area contributed by atoms with Crippen LogP contribution in [0.4, 0.5) is 11.1 Å². The van der Waals surface area contributed by atoms with E-state index in [1.807, 2.05) is 37.4 Å². The van der Waals surface area contributed by atoms with Crippen LogP contribution < -0.4 is 5.32 Å². The number of hydrogen-bond donors (Lipinski definition) is 1. The Kier molecular flexibility index (Phi) is 7.49. The van der Waals surface area contributed by atoms with Gasteiger partial charge in [0.15, 0.2) is 10.3 Å². The zero-order chi connectivity index (χ0) is 22.5. The van der Waals surface area contributed by atoms with E-state index in [1.165, 1.54) is 11.8 Å². The smallest absolute Gasteiger partial charge is 0.233 e. The summed E-state index contributed by atoms with van der Waals surface area (Å²) in [6.07, 6.45) is 6.22. The number of thiazole rings is 1. The standard InChI is InChI=1S/C23H28N6OS2/c1-15-14-24-22(31-15)27-21-25-20(5-4-12-29(2)3)26-23(28-21)32-18-10-6-16(7-11-18)13-19(30)17-8-9-17/h6-7,10-11,14,17H,4-5,8-9,12-13H2,1-3H3,(H,24,25,26,27,28). The summed E-state index contributed by atoms with van der Waals surface area (Å²) in [6, 6.07) is 8.12. The minimum absolute atomic E-state index is 0.299. The van der Waals surface area contributed by atoms with Crippen LogP contribution in [0.15, 0.2) is 40.5 Å². The number of rotatable bonds is 11. The quantitative estimate of drug-likeness (QED) is 0.439.